The molecule has 1 aromatic heterocycles. The normalized spacial score (nSPS) is 13.3. The molecule has 138 valence electrons. The van der Waals surface area contributed by atoms with Gasteiger partial charge in [0.1, 0.15) is 5.75 Å². The number of nitrogens with zero attached hydrogens (tertiary/aromatic N) is 2. The Kier molecular flexibility index (Phi) is 4.86. The Morgan fingerprint density at radius 3 is 2.81 bits per heavy atom. The summed E-state index contributed by atoms with van der Waals surface area (Å²) in [5.74, 6) is 0.905. The molecule has 2 aromatic carbocycles. The van der Waals surface area contributed by atoms with Crippen LogP contribution in [-0.2, 0) is 24.2 Å². The van der Waals surface area contributed by atoms with E-state index in [-0.39, 0.29) is 5.91 Å². The third kappa shape index (κ3) is 3.69. The average molecular weight is 382 g/mol. The Bertz CT molecular complexity index is 966. The first-order valence-electron chi connectivity index (χ1n) is 8.87. The molecular weight excluding hydrogens is 362 g/mol. The summed E-state index contributed by atoms with van der Waals surface area (Å²) in [6, 6.07) is 15.3. The number of fused-ring (bicyclic) bond motifs is 1. The van der Waals surface area contributed by atoms with Gasteiger partial charge in [-0.2, -0.15) is 5.10 Å². The highest BCUT2D eigenvalue weighted by Gasteiger charge is 2.25. The quantitative estimate of drug-likeness (QED) is 0.746. The zero-order valence-corrected chi connectivity index (χ0v) is 15.8. The van der Waals surface area contributed by atoms with Crippen molar-refractivity contribution in [3.63, 3.8) is 0 Å². The van der Waals surface area contributed by atoms with Crippen LogP contribution in [0.25, 0.3) is 11.3 Å². The molecule has 1 amide bonds. The van der Waals surface area contributed by atoms with E-state index >= 15 is 0 Å². The Balaban J connectivity index is 1.52. The molecule has 27 heavy (non-hydrogen) atoms. The predicted octanol–water partition coefficient (Wildman–Crippen LogP) is 3.87. The van der Waals surface area contributed by atoms with Crippen LogP contribution in [0.4, 0.5) is 0 Å². The van der Waals surface area contributed by atoms with E-state index in [1.807, 2.05) is 53.4 Å². The summed E-state index contributed by atoms with van der Waals surface area (Å²) in [4.78, 5) is 14.7. The SMILES string of the molecule is COc1ccc(CC(=O)N2CCc3[nH]nc(-c4cccc(Cl)c4)c3C2)cc1. The number of aromatic amines is 1. The smallest absolute Gasteiger partial charge is 0.227 e. The second-order valence-corrected chi connectivity index (χ2v) is 7.07. The average Bonchev–Trinajstić information content (AvgIpc) is 3.12. The molecule has 0 atom stereocenters. The third-order valence-electron chi connectivity index (χ3n) is 4.90. The van der Waals surface area contributed by atoms with Crippen molar-refractivity contribution < 1.29 is 9.53 Å². The van der Waals surface area contributed by atoms with Gasteiger partial charge in [0.2, 0.25) is 5.91 Å². The number of hydrogen-bond acceptors (Lipinski definition) is 3. The van der Waals surface area contributed by atoms with Crippen LogP contribution in [-0.4, -0.2) is 34.7 Å². The topological polar surface area (TPSA) is 58.2 Å². The lowest BCUT2D eigenvalue weighted by molar-refractivity contribution is -0.131. The van der Waals surface area contributed by atoms with Crippen molar-refractivity contribution >= 4 is 17.5 Å². The second kappa shape index (κ2) is 7.45. The molecule has 6 heteroatoms. The highest BCUT2D eigenvalue weighted by molar-refractivity contribution is 6.30. The van der Waals surface area contributed by atoms with E-state index in [1.165, 1.54) is 0 Å². The van der Waals surface area contributed by atoms with Crippen LogP contribution in [0.15, 0.2) is 48.5 Å². The monoisotopic (exact) mass is 381 g/mol. The molecule has 0 unspecified atom stereocenters. The summed E-state index contributed by atoms with van der Waals surface area (Å²) in [5, 5.41) is 8.27. The first kappa shape index (κ1) is 17.6. The number of hydrogen-bond donors (Lipinski definition) is 1. The summed E-state index contributed by atoms with van der Waals surface area (Å²) in [6.07, 6.45) is 1.15. The zero-order valence-electron chi connectivity index (χ0n) is 15.0. The van der Waals surface area contributed by atoms with Gasteiger partial charge in [0.05, 0.1) is 19.2 Å². The van der Waals surface area contributed by atoms with E-state index in [0.29, 0.717) is 24.5 Å². The molecule has 0 aliphatic carbocycles. The number of rotatable bonds is 4. The zero-order chi connectivity index (χ0) is 18.8. The number of H-pyrrole nitrogens is 1. The molecule has 4 rings (SSSR count). The molecule has 0 bridgehead atoms. The van der Waals surface area contributed by atoms with Crippen LogP contribution in [0.1, 0.15) is 16.8 Å². The lowest BCUT2D eigenvalue weighted by atomic mass is 10.0. The van der Waals surface area contributed by atoms with Crippen molar-refractivity contribution in [3.05, 3.63) is 70.4 Å². The Labute approximate surface area is 162 Å². The van der Waals surface area contributed by atoms with Gasteiger partial charge in [-0.1, -0.05) is 35.9 Å². The van der Waals surface area contributed by atoms with Crippen LogP contribution in [0.2, 0.25) is 5.02 Å². The van der Waals surface area contributed by atoms with Gasteiger partial charge < -0.3 is 9.64 Å². The lowest BCUT2D eigenvalue weighted by Gasteiger charge is -2.27. The van der Waals surface area contributed by atoms with Gasteiger partial charge in [-0.15, -0.1) is 0 Å². The molecular formula is C21H20ClN3O2. The number of amides is 1. The minimum Gasteiger partial charge on any atom is -0.497 e. The van der Waals surface area contributed by atoms with Crippen LogP contribution in [0.3, 0.4) is 0 Å². The maximum atomic E-state index is 12.8. The molecule has 0 fully saturated rings. The van der Waals surface area contributed by atoms with E-state index in [0.717, 1.165) is 40.2 Å². The highest BCUT2D eigenvalue weighted by Crippen LogP contribution is 2.30. The number of carbonyl (C=O) groups is 1. The van der Waals surface area contributed by atoms with Crippen molar-refractivity contribution in [2.24, 2.45) is 0 Å². The highest BCUT2D eigenvalue weighted by atomic mass is 35.5. The van der Waals surface area contributed by atoms with Crippen molar-refractivity contribution in [1.29, 1.82) is 0 Å². The number of methoxy groups -OCH3 is 1. The predicted molar refractivity (Wildman–Crippen MR) is 105 cm³/mol. The fourth-order valence-electron chi connectivity index (χ4n) is 3.41. The third-order valence-corrected chi connectivity index (χ3v) is 5.13. The Morgan fingerprint density at radius 2 is 2.07 bits per heavy atom. The standard InChI is InChI=1S/C21H20ClN3O2/c1-27-17-7-5-14(6-8-17)11-20(26)25-10-9-19-18(13-25)21(24-23-19)15-3-2-4-16(22)12-15/h2-8,12H,9-11,13H2,1H3,(H,23,24). The molecule has 1 aliphatic rings. The number of benzene rings is 2. The summed E-state index contributed by atoms with van der Waals surface area (Å²) in [6.45, 7) is 1.25. The number of ether oxygens (including phenoxy) is 1. The molecule has 0 saturated carbocycles. The minimum atomic E-state index is 0.115. The van der Waals surface area contributed by atoms with E-state index in [2.05, 4.69) is 10.2 Å². The maximum Gasteiger partial charge on any atom is 0.227 e. The Hall–Kier alpha value is -2.79. The summed E-state index contributed by atoms with van der Waals surface area (Å²) in [5.41, 5.74) is 4.98. The van der Waals surface area contributed by atoms with Crippen LogP contribution < -0.4 is 4.74 Å². The molecule has 0 spiro atoms. The van der Waals surface area contributed by atoms with Gasteiger partial charge in [-0.05, 0) is 29.8 Å². The number of aromatic nitrogens is 2. The van der Waals surface area contributed by atoms with E-state index in [9.17, 15) is 4.79 Å². The van der Waals surface area contributed by atoms with Gasteiger partial charge in [0, 0.05) is 41.4 Å². The minimum absolute atomic E-state index is 0.115. The fraction of sp³-hybridized carbons (Fsp3) is 0.238. The summed E-state index contributed by atoms with van der Waals surface area (Å²) >= 11 is 6.12. The van der Waals surface area contributed by atoms with Gasteiger partial charge in [-0.3, -0.25) is 9.89 Å². The van der Waals surface area contributed by atoms with Crippen molar-refractivity contribution in [2.45, 2.75) is 19.4 Å². The summed E-state index contributed by atoms with van der Waals surface area (Å²) < 4.78 is 5.17. The fourth-order valence-corrected chi connectivity index (χ4v) is 3.60. The van der Waals surface area contributed by atoms with Gasteiger partial charge in [-0.25, -0.2) is 0 Å². The number of carbonyl (C=O) groups excluding carboxylic acids is 1. The van der Waals surface area contributed by atoms with Crippen LogP contribution >= 0.6 is 11.6 Å². The van der Waals surface area contributed by atoms with Crippen molar-refractivity contribution in [2.75, 3.05) is 13.7 Å². The summed E-state index contributed by atoms with van der Waals surface area (Å²) in [7, 11) is 1.63. The lowest BCUT2D eigenvalue weighted by Crippen LogP contribution is -2.36. The van der Waals surface area contributed by atoms with Gasteiger partial charge in [0.15, 0.2) is 0 Å². The number of nitrogens with one attached hydrogen (secondary N) is 1. The van der Waals surface area contributed by atoms with Gasteiger partial charge >= 0.3 is 0 Å². The first-order chi connectivity index (χ1) is 13.1. The molecule has 1 aliphatic heterocycles. The largest absolute Gasteiger partial charge is 0.497 e. The van der Waals surface area contributed by atoms with E-state index in [4.69, 9.17) is 16.3 Å². The number of halogens is 1. The van der Waals surface area contributed by atoms with Crippen LogP contribution in [0, 0.1) is 0 Å². The molecule has 0 saturated heterocycles. The van der Waals surface area contributed by atoms with Gasteiger partial charge in [0.25, 0.3) is 0 Å². The van der Waals surface area contributed by atoms with Crippen LogP contribution in [0.5, 0.6) is 5.75 Å². The first-order valence-corrected chi connectivity index (χ1v) is 9.24. The molecule has 1 N–H and O–H groups in total. The van der Waals surface area contributed by atoms with E-state index < -0.39 is 0 Å². The maximum absolute atomic E-state index is 12.8. The molecule has 5 nitrogen and oxygen atoms in total. The molecule has 2 heterocycles. The Morgan fingerprint density at radius 1 is 1.26 bits per heavy atom. The van der Waals surface area contributed by atoms with Crippen molar-refractivity contribution in [3.8, 4) is 17.0 Å². The second-order valence-electron chi connectivity index (χ2n) is 6.63. The molecule has 3 aromatic rings. The van der Waals surface area contributed by atoms with Crippen molar-refractivity contribution in [1.82, 2.24) is 15.1 Å². The molecule has 0 radical (unpaired) electrons. The van der Waals surface area contributed by atoms with E-state index in [1.54, 1.807) is 7.11 Å².